The average molecular weight is 247 g/mol. The van der Waals surface area contributed by atoms with Crippen LogP contribution in [0.2, 0.25) is 0 Å². The van der Waals surface area contributed by atoms with Gasteiger partial charge in [0.15, 0.2) is 0 Å². The third kappa shape index (κ3) is 2.88. The smallest absolute Gasteiger partial charge is 0.226 e. The lowest BCUT2D eigenvalue weighted by atomic mass is 9.80. The quantitative estimate of drug-likeness (QED) is 0.854. The molecule has 1 amide bonds. The van der Waals surface area contributed by atoms with Gasteiger partial charge in [0.1, 0.15) is 0 Å². The molecular weight excluding hydrogens is 226 g/mol. The summed E-state index contributed by atoms with van der Waals surface area (Å²) in [5.74, 6) is 0.153. The van der Waals surface area contributed by atoms with Gasteiger partial charge in [-0.15, -0.1) is 0 Å². The normalized spacial score (nSPS) is 20.1. The maximum atomic E-state index is 12.3. The van der Waals surface area contributed by atoms with Crippen LogP contribution in [0.4, 0.5) is 0 Å². The van der Waals surface area contributed by atoms with E-state index in [1.807, 2.05) is 19.1 Å². The van der Waals surface area contributed by atoms with Crippen molar-refractivity contribution < 1.29 is 4.79 Å². The Labute approximate surface area is 108 Å². The number of aromatic nitrogens is 1. The van der Waals surface area contributed by atoms with Gasteiger partial charge in [0, 0.05) is 17.8 Å². The molecule has 1 aliphatic rings. The maximum absolute atomic E-state index is 12.3. The number of amides is 1. The zero-order chi connectivity index (χ0) is 13.0. The molecule has 1 aliphatic heterocycles. The third-order valence-electron chi connectivity index (χ3n) is 3.79. The van der Waals surface area contributed by atoms with Gasteiger partial charge in [0.2, 0.25) is 5.91 Å². The first-order valence-corrected chi connectivity index (χ1v) is 6.53. The Balaban J connectivity index is 1.98. The van der Waals surface area contributed by atoms with Crippen LogP contribution >= 0.6 is 0 Å². The van der Waals surface area contributed by atoms with Crippen molar-refractivity contribution in [1.29, 1.82) is 0 Å². The van der Waals surface area contributed by atoms with Crippen molar-refractivity contribution in [2.24, 2.45) is 5.41 Å². The van der Waals surface area contributed by atoms with Crippen LogP contribution in [0.25, 0.3) is 0 Å². The van der Waals surface area contributed by atoms with Gasteiger partial charge >= 0.3 is 0 Å². The average Bonchev–Trinajstić information content (AvgIpc) is 2.40. The number of hydrogen-bond acceptors (Lipinski definition) is 3. The third-order valence-corrected chi connectivity index (χ3v) is 3.79. The van der Waals surface area contributed by atoms with E-state index in [0.29, 0.717) is 0 Å². The van der Waals surface area contributed by atoms with Gasteiger partial charge < -0.3 is 10.6 Å². The van der Waals surface area contributed by atoms with Crippen molar-refractivity contribution >= 4 is 5.91 Å². The van der Waals surface area contributed by atoms with Gasteiger partial charge in [-0.2, -0.15) is 0 Å². The molecule has 0 spiro atoms. The summed E-state index contributed by atoms with van der Waals surface area (Å²) in [6.45, 7) is 5.90. The van der Waals surface area contributed by atoms with E-state index < -0.39 is 0 Å². The second-order valence-corrected chi connectivity index (χ2v) is 5.29. The molecule has 1 atom stereocenters. The number of pyridine rings is 1. The molecule has 1 unspecified atom stereocenters. The Morgan fingerprint density at radius 2 is 2.22 bits per heavy atom. The number of hydrogen-bond donors (Lipinski definition) is 2. The van der Waals surface area contributed by atoms with Crippen molar-refractivity contribution in [3.63, 3.8) is 0 Å². The Morgan fingerprint density at radius 1 is 1.50 bits per heavy atom. The van der Waals surface area contributed by atoms with Gasteiger partial charge in [0.05, 0.1) is 6.04 Å². The van der Waals surface area contributed by atoms with E-state index in [2.05, 4.69) is 22.5 Å². The highest BCUT2D eigenvalue weighted by atomic mass is 16.2. The molecule has 4 nitrogen and oxygen atoms in total. The molecule has 0 aromatic carbocycles. The lowest BCUT2D eigenvalue weighted by Gasteiger charge is -2.33. The Bertz CT molecular complexity index is 399. The zero-order valence-electron chi connectivity index (χ0n) is 11.1. The van der Waals surface area contributed by atoms with Crippen molar-refractivity contribution in [3.05, 3.63) is 30.1 Å². The second kappa shape index (κ2) is 5.48. The SMILES string of the molecule is CC(NC(=O)C1(C)CCNCC1)c1cccnc1. The fourth-order valence-electron chi connectivity index (χ4n) is 2.29. The van der Waals surface area contributed by atoms with Crippen molar-refractivity contribution in [2.75, 3.05) is 13.1 Å². The fourth-order valence-corrected chi connectivity index (χ4v) is 2.29. The van der Waals surface area contributed by atoms with Gasteiger partial charge in [-0.05, 0) is 44.5 Å². The molecule has 1 aromatic rings. The van der Waals surface area contributed by atoms with E-state index in [1.54, 1.807) is 12.4 Å². The topological polar surface area (TPSA) is 54.0 Å². The summed E-state index contributed by atoms with van der Waals surface area (Å²) in [4.78, 5) is 16.4. The summed E-state index contributed by atoms with van der Waals surface area (Å²) in [6, 6.07) is 3.89. The second-order valence-electron chi connectivity index (χ2n) is 5.29. The summed E-state index contributed by atoms with van der Waals surface area (Å²) >= 11 is 0. The lowest BCUT2D eigenvalue weighted by Crippen LogP contribution is -2.46. The Morgan fingerprint density at radius 3 is 2.83 bits per heavy atom. The van der Waals surface area contributed by atoms with E-state index in [4.69, 9.17) is 0 Å². The number of carbonyl (C=O) groups excluding carboxylic acids is 1. The summed E-state index contributed by atoms with van der Waals surface area (Å²) in [5, 5.41) is 6.39. The fraction of sp³-hybridized carbons (Fsp3) is 0.571. The predicted molar refractivity (Wildman–Crippen MR) is 71.0 cm³/mol. The highest BCUT2D eigenvalue weighted by Gasteiger charge is 2.35. The van der Waals surface area contributed by atoms with Crippen LogP contribution in [0.1, 0.15) is 38.3 Å². The maximum Gasteiger partial charge on any atom is 0.226 e. The molecule has 2 rings (SSSR count). The van der Waals surface area contributed by atoms with Crippen molar-refractivity contribution in [2.45, 2.75) is 32.7 Å². The molecule has 1 aromatic heterocycles. The number of rotatable bonds is 3. The van der Waals surface area contributed by atoms with E-state index in [9.17, 15) is 4.79 Å². The zero-order valence-corrected chi connectivity index (χ0v) is 11.1. The van der Waals surface area contributed by atoms with Crippen molar-refractivity contribution in [1.82, 2.24) is 15.6 Å². The lowest BCUT2D eigenvalue weighted by molar-refractivity contribution is -0.132. The summed E-state index contributed by atoms with van der Waals surface area (Å²) in [6.07, 6.45) is 5.35. The minimum Gasteiger partial charge on any atom is -0.349 e. The minimum atomic E-state index is -0.234. The first-order valence-electron chi connectivity index (χ1n) is 6.53. The number of nitrogens with zero attached hydrogens (tertiary/aromatic N) is 1. The van der Waals surface area contributed by atoms with Crippen LogP contribution in [0, 0.1) is 5.41 Å². The van der Waals surface area contributed by atoms with Gasteiger partial charge in [-0.25, -0.2) is 0 Å². The first-order chi connectivity index (χ1) is 8.62. The molecule has 0 saturated carbocycles. The molecule has 2 heterocycles. The van der Waals surface area contributed by atoms with E-state index in [0.717, 1.165) is 31.5 Å². The molecule has 1 saturated heterocycles. The molecule has 2 N–H and O–H groups in total. The van der Waals surface area contributed by atoms with E-state index in [1.165, 1.54) is 0 Å². The summed E-state index contributed by atoms with van der Waals surface area (Å²) < 4.78 is 0. The molecule has 1 fully saturated rings. The standard InChI is InChI=1S/C14H21N3O/c1-11(12-4-3-7-16-10-12)17-13(18)14(2)5-8-15-9-6-14/h3-4,7,10-11,15H,5-6,8-9H2,1-2H3,(H,17,18). The van der Waals surface area contributed by atoms with Crippen LogP contribution in [0.15, 0.2) is 24.5 Å². The van der Waals surface area contributed by atoms with Crippen LogP contribution in [0.3, 0.4) is 0 Å². The van der Waals surface area contributed by atoms with Crippen LogP contribution < -0.4 is 10.6 Å². The number of nitrogens with one attached hydrogen (secondary N) is 2. The molecule has 0 radical (unpaired) electrons. The molecular formula is C14H21N3O. The van der Waals surface area contributed by atoms with Gasteiger partial charge in [-0.1, -0.05) is 13.0 Å². The van der Waals surface area contributed by atoms with Crippen LogP contribution in [-0.2, 0) is 4.79 Å². The Hall–Kier alpha value is -1.42. The number of piperidine rings is 1. The van der Waals surface area contributed by atoms with Gasteiger partial charge in [-0.3, -0.25) is 9.78 Å². The Kier molecular flexibility index (Phi) is 3.97. The van der Waals surface area contributed by atoms with Crippen molar-refractivity contribution in [3.8, 4) is 0 Å². The molecule has 18 heavy (non-hydrogen) atoms. The van der Waals surface area contributed by atoms with Crippen LogP contribution in [-0.4, -0.2) is 24.0 Å². The van der Waals surface area contributed by atoms with Gasteiger partial charge in [0.25, 0.3) is 0 Å². The first kappa shape index (κ1) is 13.0. The highest BCUT2D eigenvalue weighted by molar-refractivity contribution is 5.82. The summed E-state index contributed by atoms with van der Waals surface area (Å²) in [5.41, 5.74) is 0.810. The van der Waals surface area contributed by atoms with E-state index >= 15 is 0 Å². The van der Waals surface area contributed by atoms with Crippen LogP contribution in [0.5, 0.6) is 0 Å². The summed E-state index contributed by atoms with van der Waals surface area (Å²) in [7, 11) is 0. The predicted octanol–water partition coefficient (Wildman–Crippen LogP) is 1.65. The molecule has 4 heteroatoms. The monoisotopic (exact) mass is 247 g/mol. The molecule has 0 aliphatic carbocycles. The largest absolute Gasteiger partial charge is 0.349 e. The molecule has 0 bridgehead atoms. The van der Waals surface area contributed by atoms with E-state index in [-0.39, 0.29) is 17.4 Å². The highest BCUT2D eigenvalue weighted by Crippen LogP contribution is 2.29. The molecule has 98 valence electrons. The number of carbonyl (C=O) groups is 1. The minimum absolute atomic E-state index is 0.0120.